The topological polar surface area (TPSA) is 47.0 Å². The van der Waals surface area contributed by atoms with Gasteiger partial charge in [-0.1, -0.05) is 11.6 Å². The van der Waals surface area contributed by atoms with Crippen LogP contribution in [-0.2, 0) is 6.18 Å². The van der Waals surface area contributed by atoms with Crippen molar-refractivity contribution in [3.63, 3.8) is 0 Å². The fourth-order valence-electron chi connectivity index (χ4n) is 1.54. The van der Waals surface area contributed by atoms with E-state index >= 15 is 0 Å². The second kappa shape index (κ2) is 6.07. The number of aromatic nitrogens is 2. The van der Waals surface area contributed by atoms with Crippen LogP contribution in [0.25, 0.3) is 0 Å². The van der Waals surface area contributed by atoms with Crippen LogP contribution in [0.5, 0.6) is 5.88 Å². The van der Waals surface area contributed by atoms with Crippen molar-refractivity contribution < 1.29 is 17.9 Å². The van der Waals surface area contributed by atoms with Crippen LogP contribution in [0.15, 0.2) is 28.9 Å². The molecule has 1 aromatic heterocycles. The minimum Gasteiger partial charge on any atom is -0.480 e. The van der Waals surface area contributed by atoms with Crippen LogP contribution in [0.3, 0.4) is 0 Å². The number of rotatable bonds is 3. The highest BCUT2D eigenvalue weighted by molar-refractivity contribution is 9.10. The molecule has 1 aromatic carbocycles. The third-order valence-corrected chi connectivity index (χ3v) is 3.22. The summed E-state index contributed by atoms with van der Waals surface area (Å²) in [7, 11) is 1.39. The molecule has 21 heavy (non-hydrogen) atoms. The molecule has 0 aliphatic rings. The van der Waals surface area contributed by atoms with Gasteiger partial charge in [-0.25, -0.2) is 4.98 Å². The molecule has 1 N–H and O–H groups in total. The molecule has 0 bridgehead atoms. The van der Waals surface area contributed by atoms with Gasteiger partial charge in [-0.3, -0.25) is 0 Å². The molecule has 0 radical (unpaired) electrons. The Kier molecular flexibility index (Phi) is 4.58. The lowest BCUT2D eigenvalue weighted by molar-refractivity contribution is -0.136. The summed E-state index contributed by atoms with van der Waals surface area (Å²) in [6.07, 6.45) is -3.18. The molecule has 0 unspecified atom stereocenters. The predicted octanol–water partition coefficient (Wildman–Crippen LogP) is 4.66. The second-order valence-electron chi connectivity index (χ2n) is 3.86. The first kappa shape index (κ1) is 15.8. The number of anilines is 2. The predicted molar refractivity (Wildman–Crippen MR) is 76.0 cm³/mol. The van der Waals surface area contributed by atoms with Crippen LogP contribution >= 0.6 is 27.5 Å². The lowest BCUT2D eigenvalue weighted by Crippen LogP contribution is -2.10. The molecule has 0 amide bonds. The molecular formula is C12H8BrClF3N3O. The van der Waals surface area contributed by atoms with E-state index in [1.807, 2.05) is 0 Å². The molecular weight excluding hydrogens is 375 g/mol. The Morgan fingerprint density at radius 3 is 2.67 bits per heavy atom. The zero-order chi connectivity index (χ0) is 15.6. The van der Waals surface area contributed by atoms with Gasteiger partial charge in [-0.15, -0.1) is 0 Å². The van der Waals surface area contributed by atoms with E-state index in [0.29, 0.717) is 4.47 Å². The van der Waals surface area contributed by atoms with Gasteiger partial charge >= 0.3 is 6.18 Å². The van der Waals surface area contributed by atoms with Crippen molar-refractivity contribution in [3.05, 3.63) is 39.5 Å². The molecule has 0 saturated heterocycles. The quantitative estimate of drug-likeness (QED) is 0.838. The SMILES string of the molecule is COc1nc(Nc2ccc(Cl)cc2C(F)(F)F)ncc1Br. The van der Waals surface area contributed by atoms with Gasteiger partial charge in [0.25, 0.3) is 0 Å². The second-order valence-corrected chi connectivity index (χ2v) is 5.15. The van der Waals surface area contributed by atoms with Crippen molar-refractivity contribution in [3.8, 4) is 5.88 Å². The van der Waals surface area contributed by atoms with Crippen molar-refractivity contribution in [2.45, 2.75) is 6.18 Å². The first-order chi connectivity index (χ1) is 9.81. The molecule has 2 rings (SSSR count). The number of ether oxygens (including phenoxy) is 1. The number of halogens is 5. The van der Waals surface area contributed by atoms with E-state index in [1.165, 1.54) is 25.4 Å². The van der Waals surface area contributed by atoms with Crippen molar-refractivity contribution in [1.82, 2.24) is 9.97 Å². The molecule has 9 heteroatoms. The van der Waals surface area contributed by atoms with E-state index < -0.39 is 11.7 Å². The highest BCUT2D eigenvalue weighted by Gasteiger charge is 2.34. The lowest BCUT2D eigenvalue weighted by Gasteiger charge is -2.14. The Hall–Kier alpha value is -1.54. The van der Waals surface area contributed by atoms with Crippen LogP contribution in [0.1, 0.15) is 5.56 Å². The monoisotopic (exact) mass is 381 g/mol. The maximum atomic E-state index is 13.0. The molecule has 4 nitrogen and oxygen atoms in total. The van der Waals surface area contributed by atoms with Gasteiger partial charge < -0.3 is 10.1 Å². The Bertz CT molecular complexity index is 667. The number of hydrogen-bond acceptors (Lipinski definition) is 4. The summed E-state index contributed by atoms with van der Waals surface area (Å²) >= 11 is 8.77. The zero-order valence-electron chi connectivity index (χ0n) is 10.5. The van der Waals surface area contributed by atoms with Gasteiger partial charge in [-0.05, 0) is 34.1 Å². The van der Waals surface area contributed by atoms with E-state index in [9.17, 15) is 13.2 Å². The van der Waals surface area contributed by atoms with Gasteiger partial charge in [0.2, 0.25) is 11.8 Å². The van der Waals surface area contributed by atoms with Crippen LogP contribution in [0, 0.1) is 0 Å². The maximum Gasteiger partial charge on any atom is 0.418 e. The first-order valence-corrected chi connectivity index (χ1v) is 6.68. The molecule has 0 spiro atoms. The summed E-state index contributed by atoms with van der Waals surface area (Å²) in [5.74, 6) is 0.179. The van der Waals surface area contributed by atoms with E-state index in [-0.39, 0.29) is 22.5 Å². The number of nitrogens with zero attached hydrogens (tertiary/aromatic N) is 2. The molecule has 2 aromatic rings. The number of methoxy groups -OCH3 is 1. The van der Waals surface area contributed by atoms with Crippen LogP contribution in [0.2, 0.25) is 5.02 Å². The molecule has 112 valence electrons. The van der Waals surface area contributed by atoms with Crippen molar-refractivity contribution in [2.75, 3.05) is 12.4 Å². The summed E-state index contributed by atoms with van der Waals surface area (Å²) in [6.45, 7) is 0. The van der Waals surface area contributed by atoms with E-state index in [2.05, 4.69) is 31.2 Å². The van der Waals surface area contributed by atoms with E-state index in [4.69, 9.17) is 16.3 Å². The third-order valence-electron chi connectivity index (χ3n) is 2.44. The average molecular weight is 383 g/mol. The molecule has 0 aliphatic carbocycles. The largest absolute Gasteiger partial charge is 0.480 e. The van der Waals surface area contributed by atoms with Gasteiger partial charge in [0.1, 0.15) is 0 Å². The Morgan fingerprint density at radius 2 is 2.05 bits per heavy atom. The molecule has 0 aliphatic heterocycles. The minimum atomic E-state index is -4.55. The van der Waals surface area contributed by atoms with Crippen molar-refractivity contribution in [1.29, 1.82) is 0 Å². The van der Waals surface area contributed by atoms with Crippen LogP contribution in [0.4, 0.5) is 24.8 Å². The minimum absolute atomic E-state index is 0.0119. The number of hydrogen-bond donors (Lipinski definition) is 1. The first-order valence-electron chi connectivity index (χ1n) is 5.51. The smallest absolute Gasteiger partial charge is 0.418 e. The summed E-state index contributed by atoms with van der Waals surface area (Å²) in [5, 5.41) is 2.49. The molecule has 0 atom stereocenters. The average Bonchev–Trinajstić information content (AvgIpc) is 2.41. The maximum absolute atomic E-state index is 13.0. The van der Waals surface area contributed by atoms with Gasteiger partial charge in [-0.2, -0.15) is 18.2 Å². The normalized spacial score (nSPS) is 11.3. The molecule has 0 saturated carbocycles. The van der Waals surface area contributed by atoms with Crippen LogP contribution in [-0.4, -0.2) is 17.1 Å². The van der Waals surface area contributed by atoms with Crippen LogP contribution < -0.4 is 10.1 Å². The van der Waals surface area contributed by atoms with Gasteiger partial charge in [0.15, 0.2) is 0 Å². The third kappa shape index (κ3) is 3.76. The van der Waals surface area contributed by atoms with Crippen molar-refractivity contribution in [2.24, 2.45) is 0 Å². The lowest BCUT2D eigenvalue weighted by atomic mass is 10.1. The fourth-order valence-corrected chi connectivity index (χ4v) is 2.06. The summed E-state index contributed by atoms with van der Waals surface area (Å²) in [5.41, 5.74) is -1.10. The summed E-state index contributed by atoms with van der Waals surface area (Å²) in [4.78, 5) is 7.82. The molecule has 0 fully saturated rings. The number of nitrogens with one attached hydrogen (secondary N) is 1. The Labute approximate surface area is 131 Å². The molecule has 1 heterocycles. The van der Waals surface area contributed by atoms with E-state index in [0.717, 1.165) is 6.07 Å². The number of alkyl halides is 3. The summed E-state index contributed by atoms with van der Waals surface area (Å²) < 4.78 is 44.4. The zero-order valence-corrected chi connectivity index (χ0v) is 12.8. The van der Waals surface area contributed by atoms with Crippen molar-refractivity contribution >= 4 is 39.2 Å². The highest BCUT2D eigenvalue weighted by atomic mass is 79.9. The standard InChI is InChI=1S/C12H8BrClF3N3O/c1-21-10-8(13)5-18-11(20-10)19-9-3-2-6(14)4-7(9)12(15,16)17/h2-5H,1H3,(H,18,19,20). The summed E-state index contributed by atoms with van der Waals surface area (Å²) in [6, 6.07) is 3.39. The fraction of sp³-hybridized carbons (Fsp3) is 0.167. The Morgan fingerprint density at radius 1 is 1.33 bits per heavy atom. The number of benzene rings is 1. The Balaban J connectivity index is 2.40. The van der Waals surface area contributed by atoms with Gasteiger partial charge in [0, 0.05) is 5.02 Å². The van der Waals surface area contributed by atoms with Gasteiger partial charge in [0.05, 0.1) is 29.0 Å². The van der Waals surface area contributed by atoms with E-state index in [1.54, 1.807) is 0 Å². The highest BCUT2D eigenvalue weighted by Crippen LogP contribution is 2.37.